The number of likely N-dealkylation sites (tertiary alicyclic amines) is 1. The molecular formula is C20H21N3O3. The number of anilines is 1. The molecule has 2 aromatic carbocycles. The Morgan fingerprint density at radius 2 is 1.88 bits per heavy atom. The number of benzene rings is 2. The molecule has 0 spiro atoms. The molecule has 26 heavy (non-hydrogen) atoms. The van der Waals surface area contributed by atoms with Crippen LogP contribution < -0.4 is 11.1 Å². The fourth-order valence-corrected chi connectivity index (χ4v) is 3.07. The summed E-state index contributed by atoms with van der Waals surface area (Å²) >= 11 is 0. The van der Waals surface area contributed by atoms with E-state index in [9.17, 15) is 14.4 Å². The van der Waals surface area contributed by atoms with Crippen LogP contribution in [-0.4, -0.2) is 35.7 Å². The van der Waals surface area contributed by atoms with Crippen molar-refractivity contribution in [3.63, 3.8) is 0 Å². The maximum absolute atomic E-state index is 12.5. The van der Waals surface area contributed by atoms with Gasteiger partial charge in [-0.1, -0.05) is 36.4 Å². The fourth-order valence-electron chi connectivity index (χ4n) is 3.07. The number of nitrogens with one attached hydrogen (secondary N) is 1. The van der Waals surface area contributed by atoms with Gasteiger partial charge in [-0.2, -0.15) is 0 Å². The summed E-state index contributed by atoms with van der Waals surface area (Å²) in [6.07, 6.45) is 0.970. The Bertz CT molecular complexity index is 820. The standard InChI is InChI=1S/C20H21N3O3/c21-19(25)15-7-4-8-17(11-15)22-20(26)16-12-18(24)23(13-16)10-9-14-5-2-1-3-6-14/h1-8,11,16H,9-10,12-13H2,(H2,21,25)(H,22,26). The van der Waals surface area contributed by atoms with Gasteiger partial charge in [0.15, 0.2) is 0 Å². The average molecular weight is 351 g/mol. The van der Waals surface area contributed by atoms with E-state index in [0.717, 1.165) is 12.0 Å². The third-order valence-electron chi connectivity index (χ3n) is 4.51. The van der Waals surface area contributed by atoms with Gasteiger partial charge in [0.05, 0.1) is 5.92 Å². The van der Waals surface area contributed by atoms with Crippen LogP contribution in [0.2, 0.25) is 0 Å². The second-order valence-corrected chi connectivity index (χ2v) is 6.41. The average Bonchev–Trinajstić information content (AvgIpc) is 3.02. The summed E-state index contributed by atoms with van der Waals surface area (Å²) in [4.78, 5) is 37.6. The molecule has 0 saturated carbocycles. The lowest BCUT2D eigenvalue weighted by atomic mass is 10.1. The van der Waals surface area contributed by atoms with Crippen molar-refractivity contribution in [2.24, 2.45) is 11.7 Å². The van der Waals surface area contributed by atoms with Gasteiger partial charge in [-0.15, -0.1) is 0 Å². The smallest absolute Gasteiger partial charge is 0.248 e. The van der Waals surface area contributed by atoms with Crippen molar-refractivity contribution in [2.75, 3.05) is 18.4 Å². The Kier molecular flexibility index (Phi) is 5.31. The van der Waals surface area contributed by atoms with Crippen LogP contribution in [0, 0.1) is 5.92 Å². The molecule has 6 nitrogen and oxygen atoms in total. The summed E-state index contributed by atoms with van der Waals surface area (Å²) in [5.41, 5.74) is 7.24. The molecule has 1 atom stereocenters. The van der Waals surface area contributed by atoms with Crippen LogP contribution in [0.5, 0.6) is 0 Å². The summed E-state index contributed by atoms with van der Waals surface area (Å²) < 4.78 is 0. The van der Waals surface area contributed by atoms with Gasteiger partial charge < -0.3 is 16.0 Å². The van der Waals surface area contributed by atoms with Gasteiger partial charge in [-0.3, -0.25) is 14.4 Å². The van der Waals surface area contributed by atoms with Crippen molar-refractivity contribution < 1.29 is 14.4 Å². The van der Waals surface area contributed by atoms with Gasteiger partial charge in [-0.05, 0) is 30.2 Å². The zero-order valence-electron chi connectivity index (χ0n) is 14.4. The number of hydrogen-bond acceptors (Lipinski definition) is 3. The lowest BCUT2D eigenvalue weighted by Crippen LogP contribution is -2.30. The minimum atomic E-state index is -0.552. The Morgan fingerprint density at radius 1 is 1.12 bits per heavy atom. The van der Waals surface area contributed by atoms with E-state index < -0.39 is 11.8 Å². The quantitative estimate of drug-likeness (QED) is 0.831. The molecule has 3 N–H and O–H groups in total. The van der Waals surface area contributed by atoms with Crippen LogP contribution in [0.25, 0.3) is 0 Å². The fraction of sp³-hybridized carbons (Fsp3) is 0.250. The van der Waals surface area contributed by atoms with Gasteiger partial charge in [-0.25, -0.2) is 0 Å². The van der Waals surface area contributed by atoms with Crippen LogP contribution in [0.15, 0.2) is 54.6 Å². The Labute approximate surface area is 152 Å². The Hall–Kier alpha value is -3.15. The predicted molar refractivity (Wildman–Crippen MR) is 98.4 cm³/mol. The first-order chi connectivity index (χ1) is 12.5. The highest BCUT2D eigenvalue weighted by Crippen LogP contribution is 2.21. The van der Waals surface area contributed by atoms with Crippen molar-refractivity contribution in [3.8, 4) is 0 Å². The molecule has 1 fully saturated rings. The normalized spacial score (nSPS) is 16.5. The van der Waals surface area contributed by atoms with Crippen LogP contribution in [0.3, 0.4) is 0 Å². The van der Waals surface area contributed by atoms with E-state index in [1.807, 2.05) is 30.3 Å². The van der Waals surface area contributed by atoms with Crippen LogP contribution in [0.1, 0.15) is 22.3 Å². The zero-order valence-corrected chi connectivity index (χ0v) is 14.4. The van der Waals surface area contributed by atoms with E-state index in [4.69, 9.17) is 5.73 Å². The maximum atomic E-state index is 12.5. The topological polar surface area (TPSA) is 92.5 Å². The number of nitrogens with two attached hydrogens (primary N) is 1. The molecule has 1 aliphatic rings. The number of primary amides is 1. The highest BCUT2D eigenvalue weighted by atomic mass is 16.2. The molecule has 0 aromatic heterocycles. The number of hydrogen-bond donors (Lipinski definition) is 2. The SMILES string of the molecule is NC(=O)c1cccc(NC(=O)C2CC(=O)N(CCc3ccccc3)C2)c1. The van der Waals surface area contributed by atoms with E-state index in [0.29, 0.717) is 24.3 Å². The van der Waals surface area contributed by atoms with Crippen molar-refractivity contribution >= 4 is 23.4 Å². The molecule has 0 bridgehead atoms. The number of nitrogens with zero attached hydrogens (tertiary/aromatic N) is 1. The van der Waals surface area contributed by atoms with Gasteiger partial charge >= 0.3 is 0 Å². The van der Waals surface area contributed by atoms with E-state index in [1.165, 1.54) is 6.07 Å². The Morgan fingerprint density at radius 3 is 2.62 bits per heavy atom. The molecule has 1 heterocycles. The molecule has 3 rings (SSSR count). The summed E-state index contributed by atoms with van der Waals surface area (Å²) in [6.45, 7) is 1.01. The number of rotatable bonds is 6. The second-order valence-electron chi connectivity index (χ2n) is 6.41. The van der Waals surface area contributed by atoms with Gasteiger partial charge in [0.1, 0.15) is 0 Å². The molecule has 3 amide bonds. The number of carbonyl (C=O) groups is 3. The largest absolute Gasteiger partial charge is 0.366 e. The predicted octanol–water partition coefficient (Wildman–Crippen LogP) is 1.82. The van der Waals surface area contributed by atoms with Gasteiger partial charge in [0.2, 0.25) is 17.7 Å². The minimum Gasteiger partial charge on any atom is -0.366 e. The maximum Gasteiger partial charge on any atom is 0.248 e. The second kappa shape index (κ2) is 7.82. The van der Waals surface area contributed by atoms with Crippen LogP contribution in [-0.2, 0) is 16.0 Å². The molecule has 0 radical (unpaired) electrons. The molecule has 0 aliphatic carbocycles. The lowest BCUT2D eigenvalue weighted by Gasteiger charge is -2.16. The third kappa shape index (κ3) is 4.27. The monoisotopic (exact) mass is 351 g/mol. The summed E-state index contributed by atoms with van der Waals surface area (Å²) in [6, 6.07) is 16.4. The van der Waals surface area contributed by atoms with E-state index in [2.05, 4.69) is 5.32 Å². The number of amides is 3. The van der Waals surface area contributed by atoms with Crippen LogP contribution in [0.4, 0.5) is 5.69 Å². The van der Waals surface area contributed by atoms with E-state index in [1.54, 1.807) is 23.1 Å². The molecule has 2 aromatic rings. The summed E-state index contributed by atoms with van der Waals surface area (Å²) in [5.74, 6) is -1.17. The summed E-state index contributed by atoms with van der Waals surface area (Å²) in [7, 11) is 0. The van der Waals surface area contributed by atoms with Crippen molar-refractivity contribution in [2.45, 2.75) is 12.8 Å². The minimum absolute atomic E-state index is 0.00744. The molecule has 1 saturated heterocycles. The number of carbonyl (C=O) groups excluding carboxylic acids is 3. The highest BCUT2D eigenvalue weighted by Gasteiger charge is 2.34. The molecule has 1 aliphatic heterocycles. The van der Waals surface area contributed by atoms with Gasteiger partial charge in [0.25, 0.3) is 0 Å². The molecule has 6 heteroatoms. The van der Waals surface area contributed by atoms with Crippen molar-refractivity contribution in [1.82, 2.24) is 4.90 Å². The third-order valence-corrected chi connectivity index (χ3v) is 4.51. The van der Waals surface area contributed by atoms with Crippen molar-refractivity contribution in [1.29, 1.82) is 0 Å². The summed E-state index contributed by atoms with van der Waals surface area (Å²) in [5, 5.41) is 2.77. The first-order valence-electron chi connectivity index (χ1n) is 8.55. The highest BCUT2D eigenvalue weighted by molar-refractivity contribution is 5.99. The first-order valence-corrected chi connectivity index (χ1v) is 8.55. The lowest BCUT2D eigenvalue weighted by molar-refractivity contribution is -0.128. The zero-order chi connectivity index (χ0) is 18.5. The molecule has 1 unspecified atom stereocenters. The molecular weight excluding hydrogens is 330 g/mol. The van der Waals surface area contributed by atoms with Crippen molar-refractivity contribution in [3.05, 3.63) is 65.7 Å². The first kappa shape index (κ1) is 17.7. The van der Waals surface area contributed by atoms with E-state index in [-0.39, 0.29) is 18.2 Å². The van der Waals surface area contributed by atoms with E-state index >= 15 is 0 Å². The molecule has 134 valence electrons. The van der Waals surface area contributed by atoms with Crippen LogP contribution >= 0.6 is 0 Å². The Balaban J connectivity index is 1.56. The van der Waals surface area contributed by atoms with Gasteiger partial charge in [0, 0.05) is 30.8 Å².